The average Bonchev–Trinajstić information content (AvgIpc) is 2.24. The highest BCUT2D eigenvalue weighted by Gasteiger charge is 2.32. The number of carbonyl (C=O) groups excluding carboxylic acids is 1. The summed E-state index contributed by atoms with van der Waals surface area (Å²) in [6.45, 7) is 12.0. The van der Waals surface area contributed by atoms with Crippen molar-refractivity contribution in [3.63, 3.8) is 0 Å². The third-order valence-electron chi connectivity index (χ3n) is 3.63. The molecule has 1 amide bonds. The van der Waals surface area contributed by atoms with Crippen LogP contribution in [-0.4, -0.2) is 42.5 Å². The lowest BCUT2D eigenvalue weighted by Gasteiger charge is -2.45. The van der Waals surface area contributed by atoms with E-state index in [-0.39, 0.29) is 42.8 Å². The van der Waals surface area contributed by atoms with Crippen LogP contribution in [0.15, 0.2) is 0 Å². The molecule has 2 atom stereocenters. The number of likely N-dealkylation sites (tertiary alicyclic amines) is 1. The van der Waals surface area contributed by atoms with E-state index in [1.54, 1.807) is 0 Å². The molecule has 1 heterocycles. The highest BCUT2D eigenvalue weighted by Crippen LogP contribution is 2.26. The van der Waals surface area contributed by atoms with Crippen molar-refractivity contribution in [1.82, 2.24) is 10.2 Å². The number of nitrogens with two attached hydrogens (primary N) is 1. The monoisotopic (exact) mass is 313 g/mol. The van der Waals surface area contributed by atoms with Gasteiger partial charge in [0, 0.05) is 25.2 Å². The second-order valence-electron chi connectivity index (χ2n) is 6.14. The number of nitrogens with zero attached hydrogens (tertiary/aromatic N) is 1. The van der Waals surface area contributed by atoms with Crippen molar-refractivity contribution in [3.05, 3.63) is 0 Å². The number of amides is 1. The van der Waals surface area contributed by atoms with Crippen molar-refractivity contribution >= 4 is 30.7 Å². The van der Waals surface area contributed by atoms with Crippen molar-refractivity contribution in [3.8, 4) is 0 Å². The molecule has 116 valence electrons. The van der Waals surface area contributed by atoms with Gasteiger partial charge in [0.05, 0.1) is 6.54 Å². The number of rotatable bonds is 4. The van der Waals surface area contributed by atoms with Gasteiger partial charge in [0.15, 0.2) is 0 Å². The Labute approximate surface area is 129 Å². The van der Waals surface area contributed by atoms with Gasteiger partial charge in [-0.15, -0.1) is 24.8 Å². The molecule has 1 aliphatic heterocycles. The van der Waals surface area contributed by atoms with Crippen LogP contribution in [0.1, 0.15) is 34.1 Å². The standard InChI is InChI=1S/C13H27N3O.2ClH/c1-10-5-11(2)8-16(7-10)13(3,4)9-15-12(17)6-14;;/h10-11H,5-9,14H2,1-4H3,(H,15,17);2*1H. The van der Waals surface area contributed by atoms with Gasteiger partial charge in [0.1, 0.15) is 0 Å². The Hall–Kier alpha value is -0.0300. The van der Waals surface area contributed by atoms with Crippen LogP contribution in [0.2, 0.25) is 0 Å². The van der Waals surface area contributed by atoms with E-state index in [0.29, 0.717) is 6.54 Å². The largest absolute Gasteiger partial charge is 0.353 e. The van der Waals surface area contributed by atoms with E-state index in [9.17, 15) is 4.79 Å². The lowest BCUT2D eigenvalue weighted by atomic mass is 9.88. The number of hydrogen-bond acceptors (Lipinski definition) is 3. The van der Waals surface area contributed by atoms with Gasteiger partial charge < -0.3 is 11.1 Å². The van der Waals surface area contributed by atoms with Crippen LogP contribution in [0.25, 0.3) is 0 Å². The number of halogens is 2. The summed E-state index contributed by atoms with van der Waals surface area (Å²) >= 11 is 0. The highest BCUT2D eigenvalue weighted by atomic mass is 35.5. The van der Waals surface area contributed by atoms with E-state index in [1.807, 2.05) is 0 Å². The SMILES string of the molecule is CC1CC(C)CN(C(C)(C)CNC(=O)CN)C1.Cl.Cl. The van der Waals surface area contributed by atoms with Crippen molar-refractivity contribution in [2.45, 2.75) is 39.7 Å². The minimum atomic E-state index is -0.0730. The fourth-order valence-corrected chi connectivity index (χ4v) is 2.66. The zero-order chi connectivity index (χ0) is 13.1. The van der Waals surface area contributed by atoms with Gasteiger partial charge in [-0.05, 0) is 32.1 Å². The summed E-state index contributed by atoms with van der Waals surface area (Å²) in [7, 11) is 0. The van der Waals surface area contributed by atoms with E-state index < -0.39 is 0 Å². The summed E-state index contributed by atoms with van der Waals surface area (Å²) in [5, 5.41) is 2.89. The van der Waals surface area contributed by atoms with Crippen molar-refractivity contribution in [2.75, 3.05) is 26.2 Å². The van der Waals surface area contributed by atoms with Gasteiger partial charge in [-0.25, -0.2) is 0 Å². The van der Waals surface area contributed by atoms with Crippen LogP contribution in [0, 0.1) is 11.8 Å². The summed E-state index contributed by atoms with van der Waals surface area (Å²) in [5.74, 6) is 1.41. The molecule has 1 saturated heterocycles. The van der Waals surface area contributed by atoms with E-state index in [0.717, 1.165) is 24.9 Å². The number of nitrogens with one attached hydrogen (secondary N) is 1. The number of hydrogen-bond donors (Lipinski definition) is 2. The maximum Gasteiger partial charge on any atom is 0.233 e. The Morgan fingerprint density at radius 1 is 1.26 bits per heavy atom. The lowest BCUT2D eigenvalue weighted by Crippen LogP contribution is -2.56. The molecule has 0 aromatic carbocycles. The first-order chi connectivity index (χ1) is 7.85. The molecule has 1 aliphatic rings. The van der Waals surface area contributed by atoms with Crippen LogP contribution >= 0.6 is 24.8 Å². The topological polar surface area (TPSA) is 58.4 Å². The van der Waals surface area contributed by atoms with E-state index in [2.05, 4.69) is 37.9 Å². The quantitative estimate of drug-likeness (QED) is 0.830. The Morgan fingerprint density at radius 2 is 1.74 bits per heavy atom. The first-order valence-electron chi connectivity index (χ1n) is 6.57. The van der Waals surface area contributed by atoms with Gasteiger partial charge in [0.25, 0.3) is 0 Å². The smallest absolute Gasteiger partial charge is 0.233 e. The normalized spacial score (nSPS) is 24.1. The molecule has 0 aliphatic carbocycles. The van der Waals surface area contributed by atoms with Crippen LogP contribution in [0.3, 0.4) is 0 Å². The molecule has 4 nitrogen and oxygen atoms in total. The van der Waals surface area contributed by atoms with Crippen molar-refractivity contribution < 1.29 is 4.79 Å². The fourth-order valence-electron chi connectivity index (χ4n) is 2.66. The maximum absolute atomic E-state index is 11.2. The van der Waals surface area contributed by atoms with Crippen molar-refractivity contribution in [2.24, 2.45) is 17.6 Å². The molecule has 3 N–H and O–H groups in total. The molecular weight excluding hydrogens is 285 g/mol. The second-order valence-corrected chi connectivity index (χ2v) is 6.14. The van der Waals surface area contributed by atoms with E-state index in [1.165, 1.54) is 6.42 Å². The minimum Gasteiger partial charge on any atom is -0.353 e. The first kappa shape index (κ1) is 21.3. The molecule has 0 aromatic heterocycles. The number of carbonyl (C=O) groups is 1. The maximum atomic E-state index is 11.2. The summed E-state index contributed by atoms with van der Waals surface area (Å²) in [5.41, 5.74) is 5.31. The molecule has 19 heavy (non-hydrogen) atoms. The molecule has 1 fully saturated rings. The Morgan fingerprint density at radius 3 is 2.16 bits per heavy atom. The molecular formula is C13H29Cl2N3O. The lowest BCUT2D eigenvalue weighted by molar-refractivity contribution is -0.120. The Bertz CT molecular complexity index is 265. The molecule has 0 bridgehead atoms. The number of piperidine rings is 1. The summed E-state index contributed by atoms with van der Waals surface area (Å²) in [6, 6.07) is 0. The van der Waals surface area contributed by atoms with Crippen LogP contribution in [-0.2, 0) is 4.79 Å². The molecule has 0 radical (unpaired) electrons. The van der Waals surface area contributed by atoms with E-state index in [4.69, 9.17) is 5.73 Å². The predicted octanol–water partition coefficient (Wildman–Crippen LogP) is 1.66. The zero-order valence-corrected chi connectivity index (χ0v) is 14.1. The van der Waals surface area contributed by atoms with Gasteiger partial charge in [-0.2, -0.15) is 0 Å². The average molecular weight is 314 g/mol. The fraction of sp³-hybridized carbons (Fsp3) is 0.923. The van der Waals surface area contributed by atoms with Crippen LogP contribution < -0.4 is 11.1 Å². The highest BCUT2D eigenvalue weighted by molar-refractivity contribution is 5.85. The first-order valence-corrected chi connectivity index (χ1v) is 6.57. The predicted molar refractivity (Wildman–Crippen MR) is 85.2 cm³/mol. The van der Waals surface area contributed by atoms with Gasteiger partial charge in [-0.3, -0.25) is 9.69 Å². The molecule has 0 spiro atoms. The summed E-state index contributed by atoms with van der Waals surface area (Å²) in [6.07, 6.45) is 1.31. The summed E-state index contributed by atoms with van der Waals surface area (Å²) < 4.78 is 0. The minimum absolute atomic E-state index is 0. The van der Waals surface area contributed by atoms with Crippen LogP contribution in [0.5, 0.6) is 0 Å². The van der Waals surface area contributed by atoms with Crippen molar-refractivity contribution in [1.29, 1.82) is 0 Å². The van der Waals surface area contributed by atoms with Gasteiger partial charge in [-0.1, -0.05) is 13.8 Å². The third-order valence-corrected chi connectivity index (χ3v) is 3.63. The molecule has 2 unspecified atom stereocenters. The third kappa shape index (κ3) is 6.80. The molecule has 6 heteroatoms. The zero-order valence-electron chi connectivity index (χ0n) is 12.4. The van der Waals surface area contributed by atoms with E-state index >= 15 is 0 Å². The van der Waals surface area contributed by atoms with Crippen LogP contribution in [0.4, 0.5) is 0 Å². The van der Waals surface area contributed by atoms with Gasteiger partial charge in [0.2, 0.25) is 5.91 Å². The molecule has 0 aromatic rings. The second kappa shape index (κ2) is 9.01. The molecule has 0 saturated carbocycles. The Kier molecular flexibility index (Phi) is 10.1. The van der Waals surface area contributed by atoms with Gasteiger partial charge >= 0.3 is 0 Å². The summed E-state index contributed by atoms with van der Waals surface area (Å²) in [4.78, 5) is 13.7. The molecule has 1 rings (SSSR count). The Balaban J connectivity index is 0.